The molecular formula is C12H15ClN4. The van der Waals surface area contributed by atoms with Gasteiger partial charge in [0.25, 0.3) is 0 Å². The minimum absolute atomic E-state index is 0.492. The van der Waals surface area contributed by atoms with Gasteiger partial charge in [-0.05, 0) is 38.0 Å². The molecule has 0 aromatic carbocycles. The second-order valence-corrected chi connectivity index (χ2v) is 4.46. The summed E-state index contributed by atoms with van der Waals surface area (Å²) in [5, 5.41) is 5.08. The number of aromatic nitrogens is 3. The summed E-state index contributed by atoms with van der Waals surface area (Å²) in [6.07, 6.45) is 1.77. The van der Waals surface area contributed by atoms with Crippen LogP contribution in [-0.4, -0.2) is 14.8 Å². The first-order chi connectivity index (χ1) is 8.04. The first-order valence-corrected chi connectivity index (χ1v) is 5.80. The van der Waals surface area contributed by atoms with Crippen molar-refractivity contribution in [3.63, 3.8) is 0 Å². The first-order valence-electron chi connectivity index (χ1n) is 5.42. The molecule has 5 heteroatoms. The second-order valence-electron chi connectivity index (χ2n) is 4.08. The van der Waals surface area contributed by atoms with E-state index in [9.17, 15) is 0 Å². The molecule has 2 aromatic heterocycles. The lowest BCUT2D eigenvalue weighted by atomic mass is 10.2. The molecule has 0 radical (unpaired) electrons. The minimum Gasteiger partial charge on any atom is -0.326 e. The van der Waals surface area contributed by atoms with Crippen LogP contribution in [0.5, 0.6) is 0 Å². The van der Waals surface area contributed by atoms with E-state index in [0.717, 1.165) is 28.3 Å². The topological polar surface area (TPSA) is 56.7 Å². The number of halogens is 1. The van der Waals surface area contributed by atoms with E-state index < -0.39 is 0 Å². The largest absolute Gasteiger partial charge is 0.326 e. The Kier molecular flexibility index (Phi) is 3.17. The Hall–Kier alpha value is -1.39. The van der Waals surface area contributed by atoms with E-state index in [-0.39, 0.29) is 0 Å². The zero-order valence-electron chi connectivity index (χ0n) is 10.2. The molecule has 2 heterocycles. The maximum atomic E-state index is 6.13. The number of rotatable bonds is 2. The molecule has 0 saturated carbocycles. The molecule has 0 saturated heterocycles. The van der Waals surface area contributed by atoms with E-state index in [2.05, 4.69) is 10.1 Å². The monoisotopic (exact) mass is 250 g/mol. The van der Waals surface area contributed by atoms with Crippen LogP contribution in [-0.2, 0) is 6.54 Å². The minimum atomic E-state index is 0.492. The van der Waals surface area contributed by atoms with Crippen molar-refractivity contribution in [3.05, 3.63) is 39.8 Å². The molecule has 0 atom stereocenters. The van der Waals surface area contributed by atoms with Crippen LogP contribution < -0.4 is 5.73 Å². The summed E-state index contributed by atoms with van der Waals surface area (Å²) in [6, 6.07) is 2.02. The van der Waals surface area contributed by atoms with Crippen LogP contribution in [0.3, 0.4) is 0 Å². The van der Waals surface area contributed by atoms with Crippen LogP contribution >= 0.6 is 11.6 Å². The fraction of sp³-hybridized carbons (Fsp3) is 0.333. The highest BCUT2D eigenvalue weighted by atomic mass is 35.5. The number of hydrogen-bond donors (Lipinski definition) is 1. The maximum Gasteiger partial charge on any atom is 0.156 e. The smallest absolute Gasteiger partial charge is 0.156 e. The molecular weight excluding hydrogens is 236 g/mol. The number of hydrogen-bond acceptors (Lipinski definition) is 3. The number of aryl methyl sites for hydroxylation is 2. The van der Waals surface area contributed by atoms with Gasteiger partial charge in [-0.25, -0.2) is 9.67 Å². The molecule has 0 aliphatic heterocycles. The predicted molar refractivity (Wildman–Crippen MR) is 68.5 cm³/mol. The summed E-state index contributed by atoms with van der Waals surface area (Å²) in [6.45, 7) is 6.30. The van der Waals surface area contributed by atoms with Crippen molar-refractivity contribution in [1.82, 2.24) is 14.8 Å². The van der Waals surface area contributed by atoms with Crippen LogP contribution in [0.15, 0.2) is 12.3 Å². The van der Waals surface area contributed by atoms with Gasteiger partial charge in [-0.3, -0.25) is 0 Å². The third-order valence-electron chi connectivity index (χ3n) is 2.75. The molecule has 90 valence electrons. The van der Waals surface area contributed by atoms with Crippen molar-refractivity contribution < 1.29 is 0 Å². The summed E-state index contributed by atoms with van der Waals surface area (Å²) in [7, 11) is 0. The van der Waals surface area contributed by atoms with Gasteiger partial charge in [-0.1, -0.05) is 11.6 Å². The lowest BCUT2D eigenvalue weighted by molar-refractivity contribution is 0.795. The quantitative estimate of drug-likeness (QED) is 0.890. The number of nitrogens with two attached hydrogens (primary N) is 1. The molecule has 2 N–H and O–H groups in total. The fourth-order valence-electron chi connectivity index (χ4n) is 1.79. The predicted octanol–water partition coefficient (Wildman–Crippen LogP) is 2.30. The van der Waals surface area contributed by atoms with Crippen LogP contribution in [0.25, 0.3) is 5.82 Å². The number of nitrogens with zero attached hydrogens (tertiary/aromatic N) is 3. The van der Waals surface area contributed by atoms with Crippen LogP contribution in [0.2, 0.25) is 5.02 Å². The zero-order valence-corrected chi connectivity index (χ0v) is 10.9. The van der Waals surface area contributed by atoms with E-state index in [4.69, 9.17) is 17.3 Å². The molecule has 0 aliphatic carbocycles. The SMILES string of the molecule is Cc1cc(CN)cnc1-n1nc(C)c(Cl)c1C. The molecule has 0 aliphatic rings. The molecule has 0 fully saturated rings. The molecule has 0 unspecified atom stereocenters. The highest BCUT2D eigenvalue weighted by Crippen LogP contribution is 2.23. The fourth-order valence-corrected chi connectivity index (χ4v) is 1.91. The zero-order chi connectivity index (χ0) is 12.6. The van der Waals surface area contributed by atoms with E-state index in [1.807, 2.05) is 26.8 Å². The van der Waals surface area contributed by atoms with Gasteiger partial charge in [0.05, 0.1) is 16.4 Å². The molecule has 0 amide bonds. The average Bonchev–Trinajstić information content (AvgIpc) is 2.57. The molecule has 2 rings (SSSR count). The highest BCUT2D eigenvalue weighted by Gasteiger charge is 2.13. The van der Waals surface area contributed by atoms with Crippen molar-refractivity contribution in [1.29, 1.82) is 0 Å². The van der Waals surface area contributed by atoms with Gasteiger partial charge in [-0.15, -0.1) is 0 Å². The Morgan fingerprint density at radius 1 is 1.35 bits per heavy atom. The van der Waals surface area contributed by atoms with E-state index in [1.54, 1.807) is 10.9 Å². The van der Waals surface area contributed by atoms with E-state index in [0.29, 0.717) is 11.6 Å². The summed E-state index contributed by atoms with van der Waals surface area (Å²) in [5.74, 6) is 0.801. The average molecular weight is 251 g/mol. The highest BCUT2D eigenvalue weighted by molar-refractivity contribution is 6.31. The van der Waals surface area contributed by atoms with Gasteiger partial charge in [0.1, 0.15) is 0 Å². The second kappa shape index (κ2) is 4.47. The summed E-state index contributed by atoms with van der Waals surface area (Å²) >= 11 is 6.13. The van der Waals surface area contributed by atoms with Crippen molar-refractivity contribution in [2.45, 2.75) is 27.3 Å². The first kappa shape index (κ1) is 12.1. The van der Waals surface area contributed by atoms with E-state index >= 15 is 0 Å². The Balaban J connectivity index is 2.57. The lowest BCUT2D eigenvalue weighted by Crippen LogP contribution is -2.06. The Morgan fingerprint density at radius 3 is 2.53 bits per heavy atom. The van der Waals surface area contributed by atoms with Crippen molar-refractivity contribution in [2.75, 3.05) is 0 Å². The van der Waals surface area contributed by atoms with Crippen LogP contribution in [0.1, 0.15) is 22.5 Å². The summed E-state index contributed by atoms with van der Waals surface area (Å²) in [4.78, 5) is 4.40. The van der Waals surface area contributed by atoms with Gasteiger partial charge < -0.3 is 5.73 Å². The van der Waals surface area contributed by atoms with Crippen molar-refractivity contribution >= 4 is 11.6 Å². The van der Waals surface area contributed by atoms with Crippen molar-refractivity contribution in [3.8, 4) is 5.82 Å². The number of pyridine rings is 1. The van der Waals surface area contributed by atoms with Gasteiger partial charge in [-0.2, -0.15) is 5.10 Å². The van der Waals surface area contributed by atoms with Crippen LogP contribution in [0, 0.1) is 20.8 Å². The Morgan fingerprint density at radius 2 is 2.06 bits per heavy atom. The Labute approximate surface area is 105 Å². The van der Waals surface area contributed by atoms with Crippen molar-refractivity contribution in [2.24, 2.45) is 5.73 Å². The molecule has 4 nitrogen and oxygen atoms in total. The summed E-state index contributed by atoms with van der Waals surface area (Å²) in [5.41, 5.74) is 9.35. The van der Waals surface area contributed by atoms with Gasteiger partial charge in [0.15, 0.2) is 5.82 Å². The lowest BCUT2D eigenvalue weighted by Gasteiger charge is -2.08. The van der Waals surface area contributed by atoms with Gasteiger partial charge in [0, 0.05) is 12.7 Å². The third-order valence-corrected chi connectivity index (χ3v) is 3.29. The summed E-state index contributed by atoms with van der Waals surface area (Å²) < 4.78 is 1.77. The Bertz CT molecular complexity index is 560. The van der Waals surface area contributed by atoms with Crippen LogP contribution in [0.4, 0.5) is 0 Å². The van der Waals surface area contributed by atoms with E-state index in [1.165, 1.54) is 0 Å². The molecule has 2 aromatic rings. The third kappa shape index (κ3) is 2.06. The molecule has 0 bridgehead atoms. The standard InChI is InChI=1S/C12H15ClN4/c1-7-4-10(5-14)6-15-12(7)17-9(3)11(13)8(2)16-17/h4,6H,5,14H2,1-3H3. The molecule has 0 spiro atoms. The molecule has 17 heavy (non-hydrogen) atoms. The normalized spacial score (nSPS) is 10.9. The van der Waals surface area contributed by atoms with Gasteiger partial charge >= 0.3 is 0 Å². The maximum absolute atomic E-state index is 6.13. The van der Waals surface area contributed by atoms with Gasteiger partial charge in [0.2, 0.25) is 0 Å².